The molecule has 4 heteroatoms. The molecule has 94 valence electrons. The van der Waals surface area contributed by atoms with Crippen molar-refractivity contribution < 1.29 is 9.50 Å². The maximum atomic E-state index is 13.3. The van der Waals surface area contributed by atoms with Crippen LogP contribution in [-0.4, -0.2) is 24.3 Å². The van der Waals surface area contributed by atoms with Crippen LogP contribution in [0.25, 0.3) is 0 Å². The van der Waals surface area contributed by atoms with Gasteiger partial charge in [0.05, 0.1) is 6.61 Å². The van der Waals surface area contributed by atoms with E-state index in [-0.39, 0.29) is 18.5 Å². The van der Waals surface area contributed by atoms with Crippen LogP contribution in [0.2, 0.25) is 0 Å². The Morgan fingerprint density at radius 3 is 2.76 bits per heavy atom. The smallest absolute Gasteiger partial charge is 0.123 e. The third kappa shape index (κ3) is 2.76. The molecule has 1 saturated carbocycles. The predicted octanol–water partition coefficient (Wildman–Crippen LogP) is 1.81. The highest BCUT2D eigenvalue weighted by molar-refractivity contribution is 5.56. The molecule has 0 bridgehead atoms. The first kappa shape index (κ1) is 12.3. The van der Waals surface area contributed by atoms with Crippen LogP contribution < -0.4 is 10.6 Å². The highest BCUT2D eigenvalue weighted by atomic mass is 19.1. The summed E-state index contributed by atoms with van der Waals surface area (Å²) in [5, 5.41) is 9.11. The number of benzene rings is 1. The Labute approximate surface area is 101 Å². The molecule has 1 aromatic carbocycles. The van der Waals surface area contributed by atoms with Gasteiger partial charge < -0.3 is 15.7 Å². The predicted molar refractivity (Wildman–Crippen MR) is 66.5 cm³/mol. The minimum Gasteiger partial charge on any atom is -0.395 e. The first-order valence-corrected chi connectivity index (χ1v) is 6.06. The van der Waals surface area contributed by atoms with Crippen molar-refractivity contribution in [3.8, 4) is 0 Å². The summed E-state index contributed by atoms with van der Waals surface area (Å²) >= 11 is 0. The van der Waals surface area contributed by atoms with Gasteiger partial charge in [-0.15, -0.1) is 0 Å². The van der Waals surface area contributed by atoms with Crippen LogP contribution in [-0.2, 0) is 0 Å². The SMILES string of the molecule is C[C@@H](N)c1cc(F)ccc1N(CCO)C1CC1. The number of hydrogen-bond donors (Lipinski definition) is 2. The molecule has 3 nitrogen and oxygen atoms in total. The number of anilines is 1. The Bertz CT molecular complexity index is 391. The molecule has 0 saturated heterocycles. The van der Waals surface area contributed by atoms with Crippen molar-refractivity contribution in [2.24, 2.45) is 5.73 Å². The number of nitrogens with zero attached hydrogens (tertiary/aromatic N) is 1. The standard InChI is InChI=1S/C13H19FN2O/c1-9(15)12-8-10(14)2-5-13(12)16(6-7-17)11-3-4-11/h2,5,8-9,11,17H,3-4,6-7,15H2,1H3/t9-/m1/s1. The van der Waals surface area contributed by atoms with Crippen LogP contribution >= 0.6 is 0 Å². The van der Waals surface area contributed by atoms with Gasteiger partial charge in [-0.1, -0.05) is 0 Å². The molecule has 3 N–H and O–H groups in total. The zero-order valence-corrected chi connectivity index (χ0v) is 10.1. The van der Waals surface area contributed by atoms with Crippen molar-refractivity contribution >= 4 is 5.69 Å². The first-order valence-electron chi connectivity index (χ1n) is 6.06. The minimum atomic E-state index is -0.263. The average molecular weight is 238 g/mol. The molecular weight excluding hydrogens is 219 g/mol. The van der Waals surface area contributed by atoms with Crippen molar-refractivity contribution in [2.75, 3.05) is 18.1 Å². The monoisotopic (exact) mass is 238 g/mol. The number of aliphatic hydroxyl groups excluding tert-OH is 1. The van der Waals surface area contributed by atoms with Crippen molar-refractivity contribution in [3.05, 3.63) is 29.6 Å². The number of aliphatic hydroxyl groups is 1. The number of nitrogens with two attached hydrogens (primary N) is 1. The lowest BCUT2D eigenvalue weighted by Crippen LogP contribution is -2.30. The molecule has 2 rings (SSSR count). The second-order valence-electron chi connectivity index (χ2n) is 4.64. The third-order valence-corrected chi connectivity index (χ3v) is 3.12. The van der Waals surface area contributed by atoms with Gasteiger partial charge in [-0.25, -0.2) is 4.39 Å². The van der Waals surface area contributed by atoms with E-state index in [1.165, 1.54) is 12.1 Å². The van der Waals surface area contributed by atoms with Crippen LogP contribution in [0.1, 0.15) is 31.4 Å². The van der Waals surface area contributed by atoms with E-state index in [2.05, 4.69) is 4.90 Å². The highest BCUT2D eigenvalue weighted by Crippen LogP contribution is 2.35. The Kier molecular flexibility index (Phi) is 3.64. The molecule has 1 aromatic rings. The summed E-state index contributed by atoms with van der Waals surface area (Å²) < 4.78 is 13.3. The van der Waals surface area contributed by atoms with Gasteiger partial charge in [0, 0.05) is 24.3 Å². The Balaban J connectivity index is 2.34. The van der Waals surface area contributed by atoms with Crippen LogP contribution in [0.5, 0.6) is 0 Å². The van der Waals surface area contributed by atoms with Gasteiger partial charge in [0.25, 0.3) is 0 Å². The summed E-state index contributed by atoms with van der Waals surface area (Å²) in [4.78, 5) is 2.14. The van der Waals surface area contributed by atoms with E-state index in [9.17, 15) is 4.39 Å². The first-order chi connectivity index (χ1) is 8.13. The lowest BCUT2D eigenvalue weighted by atomic mass is 10.1. The molecular formula is C13H19FN2O. The van der Waals surface area contributed by atoms with Gasteiger partial charge in [0.15, 0.2) is 0 Å². The molecule has 0 spiro atoms. The summed E-state index contributed by atoms with van der Waals surface area (Å²) in [5.74, 6) is -0.263. The van der Waals surface area contributed by atoms with E-state index in [0.29, 0.717) is 12.6 Å². The van der Waals surface area contributed by atoms with Crippen molar-refractivity contribution in [1.82, 2.24) is 0 Å². The van der Waals surface area contributed by atoms with Crippen LogP contribution in [0, 0.1) is 5.82 Å². The maximum absolute atomic E-state index is 13.3. The molecule has 0 unspecified atom stereocenters. The van der Waals surface area contributed by atoms with E-state index in [0.717, 1.165) is 24.1 Å². The van der Waals surface area contributed by atoms with Gasteiger partial charge >= 0.3 is 0 Å². The minimum absolute atomic E-state index is 0.103. The summed E-state index contributed by atoms with van der Waals surface area (Å²) in [5.41, 5.74) is 7.65. The normalized spacial score (nSPS) is 16.9. The Morgan fingerprint density at radius 1 is 1.53 bits per heavy atom. The molecule has 0 radical (unpaired) electrons. The number of halogens is 1. The average Bonchev–Trinajstić information content (AvgIpc) is 3.10. The van der Waals surface area contributed by atoms with E-state index < -0.39 is 0 Å². The van der Waals surface area contributed by atoms with Gasteiger partial charge in [-0.2, -0.15) is 0 Å². The van der Waals surface area contributed by atoms with Crippen LogP contribution in [0.15, 0.2) is 18.2 Å². The molecule has 1 fully saturated rings. The summed E-state index contributed by atoms with van der Waals surface area (Å²) in [6.07, 6.45) is 2.27. The number of hydrogen-bond acceptors (Lipinski definition) is 3. The van der Waals surface area contributed by atoms with Crippen molar-refractivity contribution in [2.45, 2.75) is 31.8 Å². The van der Waals surface area contributed by atoms with Gasteiger partial charge in [0.2, 0.25) is 0 Å². The van der Waals surface area contributed by atoms with E-state index in [1.54, 1.807) is 6.07 Å². The Morgan fingerprint density at radius 2 is 2.24 bits per heavy atom. The van der Waals surface area contributed by atoms with Crippen molar-refractivity contribution in [3.63, 3.8) is 0 Å². The van der Waals surface area contributed by atoms with Crippen LogP contribution in [0.4, 0.5) is 10.1 Å². The summed E-state index contributed by atoms with van der Waals surface area (Å²) in [7, 11) is 0. The molecule has 1 aliphatic carbocycles. The van der Waals surface area contributed by atoms with E-state index in [4.69, 9.17) is 10.8 Å². The van der Waals surface area contributed by atoms with E-state index >= 15 is 0 Å². The van der Waals surface area contributed by atoms with Crippen molar-refractivity contribution in [1.29, 1.82) is 0 Å². The van der Waals surface area contributed by atoms with Crippen LogP contribution in [0.3, 0.4) is 0 Å². The van der Waals surface area contributed by atoms with Gasteiger partial charge in [0.1, 0.15) is 5.82 Å². The fraction of sp³-hybridized carbons (Fsp3) is 0.538. The highest BCUT2D eigenvalue weighted by Gasteiger charge is 2.30. The molecule has 17 heavy (non-hydrogen) atoms. The van der Waals surface area contributed by atoms with E-state index in [1.807, 2.05) is 6.92 Å². The second-order valence-corrected chi connectivity index (χ2v) is 4.64. The number of rotatable bonds is 5. The largest absolute Gasteiger partial charge is 0.395 e. The zero-order valence-electron chi connectivity index (χ0n) is 10.1. The zero-order chi connectivity index (χ0) is 12.4. The second kappa shape index (κ2) is 5.02. The molecule has 1 atom stereocenters. The van der Waals surface area contributed by atoms with Gasteiger partial charge in [-0.3, -0.25) is 0 Å². The fourth-order valence-corrected chi connectivity index (χ4v) is 2.15. The van der Waals surface area contributed by atoms with Gasteiger partial charge in [-0.05, 0) is 43.5 Å². The molecule has 0 amide bonds. The molecule has 0 heterocycles. The maximum Gasteiger partial charge on any atom is 0.123 e. The topological polar surface area (TPSA) is 49.5 Å². The Hall–Kier alpha value is -1.13. The lowest BCUT2D eigenvalue weighted by molar-refractivity contribution is 0.301. The third-order valence-electron chi connectivity index (χ3n) is 3.12. The molecule has 1 aliphatic rings. The summed E-state index contributed by atoms with van der Waals surface area (Å²) in [6, 6.07) is 4.98. The molecule has 0 aromatic heterocycles. The quantitative estimate of drug-likeness (QED) is 0.822. The summed E-state index contributed by atoms with van der Waals surface area (Å²) in [6.45, 7) is 2.53. The fourth-order valence-electron chi connectivity index (χ4n) is 2.15. The lowest BCUT2D eigenvalue weighted by Gasteiger charge is -2.27. The molecule has 0 aliphatic heterocycles.